The van der Waals surface area contributed by atoms with Crippen molar-refractivity contribution >= 4 is 27.6 Å². The van der Waals surface area contributed by atoms with Gasteiger partial charge in [-0.3, -0.25) is 0 Å². The normalized spacial score (nSPS) is 11.3. The Balaban J connectivity index is 2.83. The second kappa shape index (κ2) is 6.85. The monoisotopic (exact) mass is 307 g/mol. The maximum atomic E-state index is 11.7. The SMILES string of the molecule is COCCCOC(=O)c1cc(Cl)cc(S(N)(=O)=O)c1. The van der Waals surface area contributed by atoms with E-state index in [-0.39, 0.29) is 22.1 Å². The van der Waals surface area contributed by atoms with E-state index in [1.807, 2.05) is 0 Å². The van der Waals surface area contributed by atoms with Crippen LogP contribution >= 0.6 is 11.6 Å². The minimum absolute atomic E-state index is 0.0361. The van der Waals surface area contributed by atoms with Gasteiger partial charge in [0.2, 0.25) is 10.0 Å². The number of hydrogen-bond acceptors (Lipinski definition) is 5. The summed E-state index contributed by atoms with van der Waals surface area (Å²) in [6, 6.07) is 3.60. The van der Waals surface area contributed by atoms with Gasteiger partial charge in [0.1, 0.15) is 0 Å². The Labute approximate surface area is 116 Å². The van der Waals surface area contributed by atoms with Gasteiger partial charge in [-0.15, -0.1) is 0 Å². The third-order valence-corrected chi connectivity index (χ3v) is 3.27. The molecule has 0 heterocycles. The van der Waals surface area contributed by atoms with Crippen LogP contribution in [0.5, 0.6) is 0 Å². The molecule has 19 heavy (non-hydrogen) atoms. The lowest BCUT2D eigenvalue weighted by Crippen LogP contribution is -2.14. The zero-order valence-electron chi connectivity index (χ0n) is 10.3. The Kier molecular flexibility index (Phi) is 5.74. The molecule has 1 aromatic carbocycles. The van der Waals surface area contributed by atoms with Gasteiger partial charge in [-0.2, -0.15) is 0 Å². The summed E-state index contributed by atoms with van der Waals surface area (Å²) in [6.45, 7) is 0.634. The smallest absolute Gasteiger partial charge is 0.338 e. The number of rotatable bonds is 6. The number of halogens is 1. The van der Waals surface area contributed by atoms with E-state index < -0.39 is 16.0 Å². The molecule has 1 rings (SSSR count). The van der Waals surface area contributed by atoms with Crippen LogP contribution < -0.4 is 5.14 Å². The molecular formula is C11H14ClNO5S. The molecule has 0 bridgehead atoms. The second-order valence-electron chi connectivity index (χ2n) is 3.70. The molecule has 0 unspecified atom stereocenters. The summed E-state index contributed by atoms with van der Waals surface area (Å²) in [6.07, 6.45) is 0.546. The molecule has 0 aromatic heterocycles. The Hall–Kier alpha value is -1.15. The van der Waals surface area contributed by atoms with E-state index in [0.29, 0.717) is 13.0 Å². The molecule has 0 saturated heterocycles. The molecular weight excluding hydrogens is 294 g/mol. The third kappa shape index (κ3) is 5.15. The minimum atomic E-state index is -3.92. The van der Waals surface area contributed by atoms with Crippen LogP contribution in [0.15, 0.2) is 23.1 Å². The fraction of sp³-hybridized carbons (Fsp3) is 0.364. The summed E-state index contributed by atoms with van der Waals surface area (Å²) in [4.78, 5) is 11.4. The fourth-order valence-corrected chi connectivity index (χ4v) is 2.18. The van der Waals surface area contributed by atoms with Crippen molar-refractivity contribution in [3.05, 3.63) is 28.8 Å². The molecule has 0 fully saturated rings. The quantitative estimate of drug-likeness (QED) is 0.629. The van der Waals surface area contributed by atoms with Crippen molar-refractivity contribution in [2.45, 2.75) is 11.3 Å². The van der Waals surface area contributed by atoms with Crippen LogP contribution in [0.2, 0.25) is 5.02 Å². The van der Waals surface area contributed by atoms with Crippen molar-refractivity contribution in [3.8, 4) is 0 Å². The van der Waals surface area contributed by atoms with E-state index in [1.165, 1.54) is 19.2 Å². The average Bonchev–Trinajstić information content (AvgIpc) is 2.32. The van der Waals surface area contributed by atoms with E-state index in [4.69, 9.17) is 26.2 Å². The van der Waals surface area contributed by atoms with Crippen LogP contribution in [0.25, 0.3) is 0 Å². The van der Waals surface area contributed by atoms with E-state index in [0.717, 1.165) is 6.07 Å². The maximum absolute atomic E-state index is 11.7. The molecule has 106 valence electrons. The Bertz CT molecular complexity index is 558. The second-order valence-corrected chi connectivity index (χ2v) is 5.70. The van der Waals surface area contributed by atoms with Gasteiger partial charge >= 0.3 is 5.97 Å². The summed E-state index contributed by atoms with van der Waals surface area (Å²) in [5, 5.41) is 5.07. The summed E-state index contributed by atoms with van der Waals surface area (Å²) in [5.74, 6) is -0.663. The summed E-state index contributed by atoms with van der Waals surface area (Å²) in [5.41, 5.74) is 0.0361. The number of esters is 1. The first-order chi connectivity index (χ1) is 8.84. The van der Waals surface area contributed by atoms with Gasteiger partial charge in [0.25, 0.3) is 0 Å². The molecule has 0 spiro atoms. The molecule has 1 aromatic rings. The number of primary sulfonamides is 1. The number of sulfonamides is 1. The van der Waals surface area contributed by atoms with Gasteiger partial charge in [0.05, 0.1) is 17.1 Å². The molecule has 0 radical (unpaired) electrons. The summed E-state index contributed by atoms with van der Waals surface area (Å²) in [7, 11) is -2.38. The average molecular weight is 308 g/mol. The largest absolute Gasteiger partial charge is 0.462 e. The number of carbonyl (C=O) groups excluding carboxylic acids is 1. The van der Waals surface area contributed by atoms with Gasteiger partial charge in [0.15, 0.2) is 0 Å². The molecule has 0 aliphatic heterocycles. The van der Waals surface area contributed by atoms with E-state index >= 15 is 0 Å². The van der Waals surface area contributed by atoms with E-state index in [2.05, 4.69) is 0 Å². The van der Waals surface area contributed by atoms with Gasteiger partial charge in [-0.25, -0.2) is 18.4 Å². The Morgan fingerprint density at radius 2 is 2.00 bits per heavy atom. The summed E-state index contributed by atoms with van der Waals surface area (Å²) >= 11 is 5.74. The van der Waals surface area contributed by atoms with Crippen molar-refractivity contribution in [2.75, 3.05) is 20.3 Å². The fourth-order valence-electron chi connectivity index (χ4n) is 1.30. The van der Waals surface area contributed by atoms with Crippen LogP contribution in [-0.2, 0) is 19.5 Å². The predicted molar refractivity (Wildman–Crippen MR) is 69.6 cm³/mol. The van der Waals surface area contributed by atoms with Crippen molar-refractivity contribution in [1.82, 2.24) is 0 Å². The van der Waals surface area contributed by atoms with Crippen LogP contribution in [0.4, 0.5) is 0 Å². The van der Waals surface area contributed by atoms with Crippen molar-refractivity contribution in [3.63, 3.8) is 0 Å². The lowest BCUT2D eigenvalue weighted by molar-refractivity contribution is 0.0468. The van der Waals surface area contributed by atoms with Gasteiger partial charge in [0, 0.05) is 25.2 Å². The highest BCUT2D eigenvalue weighted by Crippen LogP contribution is 2.18. The van der Waals surface area contributed by atoms with Crippen LogP contribution in [-0.4, -0.2) is 34.7 Å². The highest BCUT2D eigenvalue weighted by atomic mass is 35.5. The predicted octanol–water partition coefficient (Wildman–Crippen LogP) is 1.18. The van der Waals surface area contributed by atoms with Gasteiger partial charge < -0.3 is 9.47 Å². The standard InChI is InChI=1S/C11H14ClNO5S/c1-17-3-2-4-18-11(14)8-5-9(12)7-10(6-8)19(13,15)16/h5-7H,2-4H2,1H3,(H2,13,15,16). The number of hydrogen-bond donors (Lipinski definition) is 1. The highest BCUT2D eigenvalue weighted by Gasteiger charge is 2.15. The van der Waals surface area contributed by atoms with E-state index in [1.54, 1.807) is 0 Å². The maximum Gasteiger partial charge on any atom is 0.338 e. The first-order valence-corrected chi connectivity index (χ1v) is 7.26. The third-order valence-electron chi connectivity index (χ3n) is 2.16. The van der Waals surface area contributed by atoms with Crippen molar-refractivity contribution in [2.24, 2.45) is 5.14 Å². The molecule has 8 heteroatoms. The molecule has 0 aliphatic carbocycles. The Morgan fingerprint density at radius 1 is 1.32 bits per heavy atom. The van der Waals surface area contributed by atoms with Gasteiger partial charge in [-0.05, 0) is 18.2 Å². The lowest BCUT2D eigenvalue weighted by Gasteiger charge is -2.06. The first-order valence-electron chi connectivity index (χ1n) is 5.34. The van der Waals surface area contributed by atoms with Crippen molar-refractivity contribution in [1.29, 1.82) is 0 Å². The number of benzene rings is 1. The van der Waals surface area contributed by atoms with Gasteiger partial charge in [-0.1, -0.05) is 11.6 Å². The van der Waals surface area contributed by atoms with Crippen LogP contribution in [0.1, 0.15) is 16.8 Å². The number of methoxy groups -OCH3 is 1. The zero-order valence-corrected chi connectivity index (χ0v) is 11.8. The topological polar surface area (TPSA) is 95.7 Å². The van der Waals surface area contributed by atoms with E-state index in [9.17, 15) is 13.2 Å². The Morgan fingerprint density at radius 3 is 2.58 bits per heavy atom. The van der Waals surface area contributed by atoms with Crippen molar-refractivity contribution < 1.29 is 22.7 Å². The highest BCUT2D eigenvalue weighted by molar-refractivity contribution is 7.89. The molecule has 0 saturated carbocycles. The molecule has 6 nitrogen and oxygen atoms in total. The number of nitrogens with two attached hydrogens (primary N) is 1. The van der Waals surface area contributed by atoms with Crippen LogP contribution in [0, 0.1) is 0 Å². The van der Waals surface area contributed by atoms with Crippen LogP contribution in [0.3, 0.4) is 0 Å². The molecule has 2 N–H and O–H groups in total. The summed E-state index contributed by atoms with van der Waals surface area (Å²) < 4.78 is 32.2. The molecule has 0 aliphatic rings. The first kappa shape index (κ1) is 15.9. The number of carbonyl (C=O) groups is 1. The molecule has 0 atom stereocenters. The zero-order chi connectivity index (χ0) is 14.5. The lowest BCUT2D eigenvalue weighted by atomic mass is 10.2. The minimum Gasteiger partial charge on any atom is -0.462 e. The molecule has 0 amide bonds. The number of ether oxygens (including phenoxy) is 2.